The second-order valence-electron chi connectivity index (χ2n) is 13.7. The third-order valence-corrected chi connectivity index (χ3v) is 10.6. The molecule has 4 aromatic rings. The van der Waals surface area contributed by atoms with E-state index in [2.05, 4.69) is 20.3 Å². The fourth-order valence-corrected chi connectivity index (χ4v) is 8.03. The van der Waals surface area contributed by atoms with Crippen LogP contribution >= 0.6 is 0 Å². The molecule has 52 heavy (non-hydrogen) atoms. The average Bonchev–Trinajstić information content (AvgIpc) is 3.83. The Bertz CT molecular complexity index is 2180. The number of aryl methyl sites for hydroxylation is 1. The second kappa shape index (κ2) is 13.0. The molecular formula is C35H38F3N7O7. The summed E-state index contributed by atoms with van der Waals surface area (Å²) in [7, 11) is 2.81. The zero-order chi connectivity index (χ0) is 37.1. The minimum Gasteiger partial charge on any atom is -0.482 e. The quantitative estimate of drug-likeness (QED) is 0.261. The largest absolute Gasteiger partial charge is 0.482 e. The van der Waals surface area contributed by atoms with Crippen LogP contribution in [0.15, 0.2) is 38.5 Å². The van der Waals surface area contributed by atoms with Crippen LogP contribution in [0.3, 0.4) is 0 Å². The molecule has 0 spiro atoms. The number of nitrogens with one attached hydrogen (secondary N) is 2. The Morgan fingerprint density at radius 2 is 1.83 bits per heavy atom. The summed E-state index contributed by atoms with van der Waals surface area (Å²) in [6.45, 7) is 3.85. The van der Waals surface area contributed by atoms with Gasteiger partial charge in [-0.05, 0) is 44.6 Å². The number of pyridine rings is 3. The van der Waals surface area contributed by atoms with Gasteiger partial charge in [0, 0.05) is 67.0 Å². The molecule has 4 fully saturated rings. The van der Waals surface area contributed by atoms with Gasteiger partial charge in [0.05, 0.1) is 20.1 Å². The van der Waals surface area contributed by atoms with Gasteiger partial charge in [-0.3, -0.25) is 19.2 Å². The van der Waals surface area contributed by atoms with Crippen LogP contribution in [0.5, 0.6) is 11.8 Å². The van der Waals surface area contributed by atoms with Crippen molar-refractivity contribution in [2.75, 3.05) is 45.3 Å². The number of aromatic nitrogens is 4. The molecule has 3 saturated carbocycles. The highest BCUT2D eigenvalue weighted by Gasteiger charge is 2.64. The van der Waals surface area contributed by atoms with Gasteiger partial charge in [0.1, 0.15) is 17.8 Å². The van der Waals surface area contributed by atoms with Crippen molar-refractivity contribution >= 4 is 28.7 Å². The standard InChI is InChI=1S/C35H38F3N7O7/c1-5-22-26(43-8-10-44(11-9-43)33(49)25-27(47)18(2)16-40-32(25)51-4)28(48)29-30(41-31(52-29)19-6-7-39-24(12-19)50-3)45(22)17-23(46)42-34-13-20(14-34)21(15-34)35(36,37)38/h6-7,12,16,20-21H,5,8-11,13-15,17H2,1-4H3,(H,40,47)(H,42,46). The van der Waals surface area contributed by atoms with Crippen LogP contribution in [0.4, 0.5) is 18.9 Å². The number of methoxy groups -OCH3 is 2. The summed E-state index contributed by atoms with van der Waals surface area (Å²) in [6, 6.07) is 3.21. The zero-order valence-electron chi connectivity index (χ0n) is 29.1. The Hall–Kier alpha value is -5.35. The van der Waals surface area contributed by atoms with Gasteiger partial charge in [-0.1, -0.05) is 6.92 Å². The summed E-state index contributed by atoms with van der Waals surface area (Å²) in [4.78, 5) is 69.4. The molecule has 3 aliphatic carbocycles. The van der Waals surface area contributed by atoms with Gasteiger partial charge >= 0.3 is 6.18 Å². The van der Waals surface area contributed by atoms with Gasteiger partial charge in [-0.2, -0.15) is 18.2 Å². The number of carbonyl (C=O) groups is 2. The first-order valence-corrected chi connectivity index (χ1v) is 17.0. The van der Waals surface area contributed by atoms with Crippen molar-refractivity contribution in [3.05, 3.63) is 61.8 Å². The number of piperazine rings is 1. The highest BCUT2D eigenvalue weighted by molar-refractivity contribution is 5.96. The summed E-state index contributed by atoms with van der Waals surface area (Å²) in [6.07, 6.45) is -0.721. The number of carbonyl (C=O) groups excluding carboxylic acids is 2. The van der Waals surface area contributed by atoms with E-state index in [4.69, 9.17) is 13.9 Å². The third kappa shape index (κ3) is 5.94. The van der Waals surface area contributed by atoms with Crippen molar-refractivity contribution < 1.29 is 36.7 Å². The number of hydrogen-bond donors (Lipinski definition) is 2. The Kier molecular flexibility index (Phi) is 8.77. The maximum atomic E-state index is 14.3. The highest BCUT2D eigenvalue weighted by Crippen LogP contribution is 2.60. The number of alkyl halides is 3. The Morgan fingerprint density at radius 3 is 2.46 bits per heavy atom. The number of aromatic amines is 1. The van der Waals surface area contributed by atoms with E-state index in [1.807, 2.05) is 11.8 Å². The number of nitrogens with zero attached hydrogens (tertiary/aromatic N) is 5. The molecule has 276 valence electrons. The molecule has 14 nitrogen and oxygen atoms in total. The molecule has 0 radical (unpaired) electrons. The van der Waals surface area contributed by atoms with Crippen molar-refractivity contribution in [3.63, 3.8) is 0 Å². The topological polar surface area (TPSA) is 165 Å². The van der Waals surface area contributed by atoms with E-state index in [-0.39, 0.29) is 98.5 Å². The first-order chi connectivity index (χ1) is 24.8. The van der Waals surface area contributed by atoms with Crippen molar-refractivity contribution in [1.82, 2.24) is 29.7 Å². The summed E-state index contributed by atoms with van der Waals surface area (Å²) in [5.41, 5.74) is -0.398. The second-order valence-corrected chi connectivity index (χ2v) is 13.7. The smallest absolute Gasteiger partial charge is 0.392 e. The van der Waals surface area contributed by atoms with Crippen LogP contribution in [0.1, 0.15) is 47.8 Å². The number of ether oxygens (including phenoxy) is 2. The van der Waals surface area contributed by atoms with Crippen molar-refractivity contribution in [3.8, 4) is 23.2 Å². The maximum Gasteiger partial charge on any atom is 0.392 e. The fourth-order valence-electron chi connectivity index (χ4n) is 8.03. The number of H-pyrrole nitrogens is 1. The predicted octanol–water partition coefficient (Wildman–Crippen LogP) is 3.44. The van der Waals surface area contributed by atoms with Gasteiger partial charge < -0.3 is 38.6 Å². The van der Waals surface area contributed by atoms with E-state index < -0.39 is 46.2 Å². The Balaban J connectivity index is 1.23. The van der Waals surface area contributed by atoms with Crippen LogP contribution in [-0.4, -0.2) is 88.3 Å². The van der Waals surface area contributed by atoms with Crippen molar-refractivity contribution in [2.24, 2.45) is 11.8 Å². The first kappa shape index (κ1) is 35.1. The molecule has 2 amide bonds. The van der Waals surface area contributed by atoms with Crippen LogP contribution in [-0.2, 0) is 17.8 Å². The highest BCUT2D eigenvalue weighted by atomic mass is 19.4. The Labute approximate surface area is 294 Å². The lowest BCUT2D eigenvalue weighted by molar-refractivity contribution is -0.180. The number of rotatable bonds is 9. The normalized spacial score (nSPS) is 21.3. The monoisotopic (exact) mass is 725 g/mol. The first-order valence-electron chi connectivity index (χ1n) is 17.0. The van der Waals surface area contributed by atoms with E-state index in [0.717, 1.165) is 0 Å². The molecular weight excluding hydrogens is 687 g/mol. The van der Waals surface area contributed by atoms with Crippen LogP contribution < -0.4 is 30.5 Å². The molecule has 0 aromatic carbocycles. The predicted molar refractivity (Wildman–Crippen MR) is 182 cm³/mol. The molecule has 8 rings (SSSR count). The summed E-state index contributed by atoms with van der Waals surface area (Å²) < 4.78 is 59.0. The van der Waals surface area contributed by atoms with E-state index in [9.17, 15) is 32.3 Å². The van der Waals surface area contributed by atoms with E-state index in [0.29, 0.717) is 16.8 Å². The molecule has 1 atom stereocenters. The molecule has 4 aliphatic rings. The van der Waals surface area contributed by atoms with E-state index in [1.165, 1.54) is 31.5 Å². The van der Waals surface area contributed by atoms with Crippen molar-refractivity contribution in [1.29, 1.82) is 0 Å². The number of hydrogen-bond acceptors (Lipinski definition) is 10. The molecule has 17 heteroatoms. The number of halogens is 3. The number of fused-ring (bicyclic) bond motifs is 2. The maximum absolute atomic E-state index is 14.3. The fraction of sp³-hybridized carbons (Fsp3) is 0.486. The van der Waals surface area contributed by atoms with Gasteiger partial charge in [-0.15, -0.1) is 0 Å². The zero-order valence-corrected chi connectivity index (χ0v) is 29.1. The summed E-state index contributed by atoms with van der Waals surface area (Å²) in [5, 5.41) is 2.89. The summed E-state index contributed by atoms with van der Waals surface area (Å²) >= 11 is 0. The molecule has 1 saturated heterocycles. The molecule has 4 aromatic heterocycles. The van der Waals surface area contributed by atoms with Gasteiger partial charge in [0.25, 0.3) is 5.91 Å². The number of oxazole rings is 1. The molecule has 1 unspecified atom stereocenters. The molecule has 2 N–H and O–H groups in total. The summed E-state index contributed by atoms with van der Waals surface area (Å²) in [5.74, 6) is -2.55. The lowest BCUT2D eigenvalue weighted by Crippen LogP contribution is -2.53. The van der Waals surface area contributed by atoms with Gasteiger partial charge in [0.2, 0.25) is 40.0 Å². The molecule has 1 aliphatic heterocycles. The third-order valence-electron chi connectivity index (χ3n) is 10.6. The van der Waals surface area contributed by atoms with E-state index >= 15 is 0 Å². The van der Waals surface area contributed by atoms with E-state index in [1.54, 1.807) is 23.6 Å². The lowest BCUT2D eigenvalue weighted by atomic mass is 9.76. The minimum atomic E-state index is -4.33. The van der Waals surface area contributed by atoms with Crippen LogP contribution in [0.2, 0.25) is 0 Å². The van der Waals surface area contributed by atoms with Crippen LogP contribution in [0, 0.1) is 18.8 Å². The number of amides is 2. The lowest BCUT2D eigenvalue weighted by Gasteiger charge is -2.39. The van der Waals surface area contributed by atoms with Crippen LogP contribution in [0.25, 0.3) is 22.7 Å². The molecule has 5 heterocycles. The minimum absolute atomic E-state index is 0.0550. The average molecular weight is 726 g/mol. The Morgan fingerprint density at radius 1 is 1.10 bits per heavy atom. The SMILES string of the molecule is CCc1c(N2CCN(C(=O)c3c(OC)[nH]cc(C)c3=O)CC2)c(=O)c2oc(-c3ccnc(OC)c3)nc2n1CC(=O)NC12CC(C1)C(C(F)(F)F)C2. The molecule has 2 bridgehead atoms. The van der Waals surface area contributed by atoms with Crippen molar-refractivity contribution in [2.45, 2.75) is 57.8 Å². The van der Waals surface area contributed by atoms with Gasteiger partial charge in [0.15, 0.2) is 5.65 Å². The van der Waals surface area contributed by atoms with Gasteiger partial charge in [-0.25, -0.2) is 4.98 Å². The number of anilines is 1.